The van der Waals surface area contributed by atoms with Gasteiger partial charge in [-0.1, -0.05) is 5.21 Å². The number of nitrogens with zero attached hydrogens (tertiary/aromatic N) is 5. The number of aromatic nitrogens is 5. The van der Waals surface area contributed by atoms with E-state index < -0.39 is 5.97 Å². The molecular formula is C12H17N5O2. The van der Waals surface area contributed by atoms with Gasteiger partial charge >= 0.3 is 5.97 Å². The highest BCUT2D eigenvalue weighted by molar-refractivity contribution is 5.66. The Bertz CT molecular complexity index is 546. The van der Waals surface area contributed by atoms with Crippen molar-refractivity contribution in [2.45, 2.75) is 32.2 Å². The summed E-state index contributed by atoms with van der Waals surface area (Å²) in [5.74, 6) is -0.750. The van der Waals surface area contributed by atoms with Crippen LogP contribution in [-0.4, -0.2) is 35.9 Å². The quantitative estimate of drug-likeness (QED) is 0.749. The average Bonchev–Trinajstić information content (AvgIpc) is 2.95. The second kappa shape index (κ2) is 6.12. The number of rotatable bonds is 7. The maximum Gasteiger partial charge on any atom is 0.303 e. The lowest BCUT2D eigenvalue weighted by Crippen LogP contribution is -1.99. The molecular weight excluding hydrogens is 246 g/mol. The molecule has 102 valence electrons. The Balaban J connectivity index is 1.80. The highest BCUT2D eigenvalue weighted by Crippen LogP contribution is 2.05. The van der Waals surface area contributed by atoms with Crippen LogP contribution in [0.3, 0.4) is 0 Å². The van der Waals surface area contributed by atoms with Gasteiger partial charge < -0.3 is 5.11 Å². The van der Waals surface area contributed by atoms with Crippen molar-refractivity contribution in [3.8, 4) is 0 Å². The van der Waals surface area contributed by atoms with E-state index in [4.69, 9.17) is 5.11 Å². The first-order valence-corrected chi connectivity index (χ1v) is 6.22. The summed E-state index contributed by atoms with van der Waals surface area (Å²) in [6.07, 6.45) is 8.10. The van der Waals surface area contributed by atoms with Crippen molar-refractivity contribution in [1.82, 2.24) is 24.8 Å². The van der Waals surface area contributed by atoms with Crippen LogP contribution in [0.4, 0.5) is 0 Å². The molecule has 0 aliphatic rings. The molecule has 0 fully saturated rings. The topological polar surface area (TPSA) is 85.8 Å². The van der Waals surface area contributed by atoms with E-state index in [2.05, 4.69) is 15.4 Å². The summed E-state index contributed by atoms with van der Waals surface area (Å²) in [7, 11) is 1.87. The molecule has 2 rings (SSSR count). The second-order valence-electron chi connectivity index (χ2n) is 4.53. The van der Waals surface area contributed by atoms with E-state index in [9.17, 15) is 4.79 Å². The number of carbonyl (C=O) groups is 1. The van der Waals surface area contributed by atoms with Crippen molar-refractivity contribution in [3.05, 3.63) is 29.8 Å². The molecule has 1 N–H and O–H groups in total. The fourth-order valence-electron chi connectivity index (χ4n) is 1.85. The highest BCUT2D eigenvalue weighted by Gasteiger charge is 2.04. The Kier molecular flexibility index (Phi) is 4.27. The lowest BCUT2D eigenvalue weighted by atomic mass is 10.1. The molecule has 0 spiro atoms. The molecule has 0 bridgehead atoms. The Morgan fingerprint density at radius 3 is 2.89 bits per heavy atom. The lowest BCUT2D eigenvalue weighted by molar-refractivity contribution is -0.137. The van der Waals surface area contributed by atoms with E-state index in [1.165, 1.54) is 0 Å². The highest BCUT2D eigenvalue weighted by atomic mass is 16.4. The van der Waals surface area contributed by atoms with E-state index in [0.717, 1.165) is 24.1 Å². The second-order valence-corrected chi connectivity index (χ2v) is 4.53. The fourth-order valence-corrected chi connectivity index (χ4v) is 1.85. The molecule has 0 radical (unpaired) electrons. The van der Waals surface area contributed by atoms with E-state index in [0.29, 0.717) is 13.0 Å². The molecule has 0 aliphatic carbocycles. The van der Waals surface area contributed by atoms with Gasteiger partial charge in [0.25, 0.3) is 0 Å². The van der Waals surface area contributed by atoms with Crippen molar-refractivity contribution < 1.29 is 9.90 Å². The Morgan fingerprint density at radius 2 is 2.21 bits per heavy atom. The molecule has 0 atom stereocenters. The smallest absolute Gasteiger partial charge is 0.303 e. The van der Waals surface area contributed by atoms with Crippen molar-refractivity contribution in [2.24, 2.45) is 7.05 Å². The molecule has 0 saturated heterocycles. The van der Waals surface area contributed by atoms with Gasteiger partial charge in [-0.15, -0.1) is 5.10 Å². The van der Waals surface area contributed by atoms with Gasteiger partial charge in [0, 0.05) is 31.4 Å². The first kappa shape index (κ1) is 13.3. The summed E-state index contributed by atoms with van der Waals surface area (Å²) in [6, 6.07) is 0. The first-order valence-electron chi connectivity index (χ1n) is 6.22. The third-order valence-electron chi connectivity index (χ3n) is 2.76. The summed E-state index contributed by atoms with van der Waals surface area (Å²) in [5.41, 5.74) is 1.97. The van der Waals surface area contributed by atoms with Crippen molar-refractivity contribution in [2.75, 3.05) is 0 Å². The SMILES string of the molecule is Cn1cc(Cn2cc(CCCCC(=O)O)nn2)cn1. The molecule has 7 heteroatoms. The van der Waals surface area contributed by atoms with Crippen molar-refractivity contribution in [1.29, 1.82) is 0 Å². The van der Waals surface area contributed by atoms with Gasteiger partial charge in [-0.05, 0) is 19.3 Å². The van der Waals surface area contributed by atoms with Gasteiger partial charge in [0.15, 0.2) is 0 Å². The van der Waals surface area contributed by atoms with Crippen LogP contribution < -0.4 is 0 Å². The zero-order valence-corrected chi connectivity index (χ0v) is 10.9. The third kappa shape index (κ3) is 4.20. The number of aliphatic carboxylic acids is 1. The summed E-state index contributed by atoms with van der Waals surface area (Å²) < 4.78 is 3.52. The molecule has 2 aromatic heterocycles. The summed E-state index contributed by atoms with van der Waals surface area (Å²) in [6.45, 7) is 0.649. The Labute approximate surface area is 110 Å². The molecule has 0 saturated carbocycles. The third-order valence-corrected chi connectivity index (χ3v) is 2.76. The maximum absolute atomic E-state index is 10.4. The Morgan fingerprint density at radius 1 is 1.37 bits per heavy atom. The van der Waals surface area contributed by atoms with Gasteiger partial charge in [0.1, 0.15) is 0 Å². The number of hydrogen-bond acceptors (Lipinski definition) is 4. The zero-order chi connectivity index (χ0) is 13.7. The zero-order valence-electron chi connectivity index (χ0n) is 10.9. The average molecular weight is 263 g/mol. The summed E-state index contributed by atoms with van der Waals surface area (Å²) in [4.78, 5) is 10.4. The molecule has 0 amide bonds. The van der Waals surface area contributed by atoms with E-state index in [-0.39, 0.29) is 6.42 Å². The van der Waals surface area contributed by atoms with Gasteiger partial charge in [0.2, 0.25) is 0 Å². The molecule has 2 aromatic rings. The Hall–Kier alpha value is -2.18. The van der Waals surface area contributed by atoms with Gasteiger partial charge in [0.05, 0.1) is 18.4 Å². The number of hydrogen-bond donors (Lipinski definition) is 1. The van der Waals surface area contributed by atoms with Crippen LogP contribution in [0.15, 0.2) is 18.6 Å². The normalized spacial score (nSPS) is 10.8. The van der Waals surface area contributed by atoms with Gasteiger partial charge in [-0.2, -0.15) is 5.10 Å². The van der Waals surface area contributed by atoms with E-state index in [1.54, 1.807) is 15.6 Å². The first-order chi connectivity index (χ1) is 9.13. The maximum atomic E-state index is 10.4. The van der Waals surface area contributed by atoms with Crippen LogP contribution in [0.25, 0.3) is 0 Å². The molecule has 0 aromatic carbocycles. The van der Waals surface area contributed by atoms with Crippen LogP contribution in [0, 0.1) is 0 Å². The minimum atomic E-state index is -0.750. The van der Waals surface area contributed by atoms with Crippen LogP contribution >= 0.6 is 0 Å². The minimum Gasteiger partial charge on any atom is -0.481 e. The molecule has 7 nitrogen and oxygen atoms in total. The van der Waals surface area contributed by atoms with Crippen molar-refractivity contribution in [3.63, 3.8) is 0 Å². The van der Waals surface area contributed by atoms with Crippen LogP contribution in [0.2, 0.25) is 0 Å². The number of carboxylic acids is 1. The largest absolute Gasteiger partial charge is 0.481 e. The predicted molar refractivity (Wildman–Crippen MR) is 67.5 cm³/mol. The molecule has 0 aliphatic heterocycles. The predicted octanol–water partition coefficient (Wildman–Crippen LogP) is 0.857. The molecule has 0 unspecified atom stereocenters. The van der Waals surface area contributed by atoms with E-state index in [1.807, 2.05) is 19.4 Å². The lowest BCUT2D eigenvalue weighted by Gasteiger charge is -1.96. The van der Waals surface area contributed by atoms with Crippen molar-refractivity contribution >= 4 is 5.97 Å². The minimum absolute atomic E-state index is 0.212. The summed E-state index contributed by atoms with van der Waals surface area (Å²) >= 11 is 0. The fraction of sp³-hybridized carbons (Fsp3) is 0.500. The molecule has 19 heavy (non-hydrogen) atoms. The number of carboxylic acid groups (broad SMARTS) is 1. The van der Waals surface area contributed by atoms with E-state index >= 15 is 0 Å². The number of aryl methyl sites for hydroxylation is 2. The van der Waals surface area contributed by atoms with Crippen LogP contribution in [0.5, 0.6) is 0 Å². The van der Waals surface area contributed by atoms with Crippen LogP contribution in [-0.2, 0) is 24.8 Å². The molecule has 2 heterocycles. The standard InChI is InChI=1S/C12H17N5O2/c1-16-7-10(6-13-16)8-17-9-11(14-15-17)4-2-3-5-12(18)19/h6-7,9H,2-5,8H2,1H3,(H,18,19). The monoisotopic (exact) mass is 263 g/mol. The van der Waals surface area contributed by atoms with Gasteiger partial charge in [-0.25, -0.2) is 4.68 Å². The summed E-state index contributed by atoms with van der Waals surface area (Å²) in [5, 5.41) is 20.8. The van der Waals surface area contributed by atoms with Crippen LogP contribution in [0.1, 0.15) is 30.5 Å². The van der Waals surface area contributed by atoms with Gasteiger partial charge in [-0.3, -0.25) is 9.48 Å². The number of unbranched alkanes of at least 4 members (excludes halogenated alkanes) is 1.